The van der Waals surface area contributed by atoms with E-state index in [0.29, 0.717) is 5.39 Å². The van der Waals surface area contributed by atoms with Crippen molar-refractivity contribution in [1.29, 1.82) is 0 Å². The van der Waals surface area contributed by atoms with Crippen molar-refractivity contribution in [3.63, 3.8) is 0 Å². The van der Waals surface area contributed by atoms with Gasteiger partial charge in [-0.25, -0.2) is 0 Å². The molecule has 3 aromatic rings. The number of pyridine rings is 1. The standard InChI is InChI=1S/C19H18N2O2/c1-13-6-5-7-14(2)18(13)20-17(22)12-21-11-10-15-8-3-4-9-16(15)19(21)23/h3-11H,12H2,1-2H3,(H,20,22). The summed E-state index contributed by atoms with van der Waals surface area (Å²) in [5.74, 6) is -0.209. The number of nitrogens with one attached hydrogen (secondary N) is 1. The number of hydrogen-bond acceptors (Lipinski definition) is 2. The molecule has 0 radical (unpaired) electrons. The molecule has 2 aromatic carbocycles. The molecule has 0 aliphatic rings. The number of rotatable bonds is 3. The molecule has 0 atom stereocenters. The quantitative estimate of drug-likeness (QED) is 0.807. The highest BCUT2D eigenvalue weighted by Gasteiger charge is 2.10. The lowest BCUT2D eigenvalue weighted by molar-refractivity contribution is -0.116. The molecule has 0 saturated carbocycles. The molecule has 116 valence electrons. The zero-order valence-electron chi connectivity index (χ0n) is 13.2. The zero-order valence-corrected chi connectivity index (χ0v) is 13.2. The molecule has 0 bridgehead atoms. The fourth-order valence-electron chi connectivity index (χ4n) is 2.70. The van der Waals surface area contributed by atoms with Gasteiger partial charge in [-0.3, -0.25) is 9.59 Å². The van der Waals surface area contributed by atoms with E-state index in [4.69, 9.17) is 0 Å². The van der Waals surface area contributed by atoms with E-state index in [9.17, 15) is 9.59 Å². The second kappa shape index (κ2) is 6.08. The first kappa shape index (κ1) is 15.0. The van der Waals surface area contributed by atoms with Gasteiger partial charge in [-0.05, 0) is 42.5 Å². The largest absolute Gasteiger partial charge is 0.324 e. The van der Waals surface area contributed by atoms with E-state index in [1.807, 2.05) is 56.3 Å². The summed E-state index contributed by atoms with van der Waals surface area (Å²) in [6.45, 7) is 3.90. The topological polar surface area (TPSA) is 51.1 Å². The van der Waals surface area contributed by atoms with Crippen molar-refractivity contribution in [3.8, 4) is 0 Å². The molecule has 0 fully saturated rings. The van der Waals surface area contributed by atoms with Gasteiger partial charge in [0.1, 0.15) is 6.54 Å². The predicted molar refractivity (Wildman–Crippen MR) is 92.8 cm³/mol. The minimum atomic E-state index is -0.209. The number of carbonyl (C=O) groups excluding carboxylic acids is 1. The number of anilines is 1. The van der Waals surface area contributed by atoms with Crippen LogP contribution in [-0.4, -0.2) is 10.5 Å². The lowest BCUT2D eigenvalue weighted by Gasteiger charge is -2.12. The van der Waals surface area contributed by atoms with Gasteiger partial charge in [0.15, 0.2) is 0 Å². The maximum atomic E-state index is 12.4. The van der Waals surface area contributed by atoms with Crippen molar-refractivity contribution in [1.82, 2.24) is 4.57 Å². The van der Waals surface area contributed by atoms with Crippen LogP contribution in [0.2, 0.25) is 0 Å². The van der Waals surface area contributed by atoms with Gasteiger partial charge in [0.25, 0.3) is 5.56 Å². The molecular formula is C19H18N2O2. The van der Waals surface area contributed by atoms with Gasteiger partial charge >= 0.3 is 0 Å². The molecule has 1 heterocycles. The Morgan fingerprint density at radius 3 is 2.43 bits per heavy atom. The number of aromatic nitrogens is 1. The van der Waals surface area contributed by atoms with Gasteiger partial charge in [0.05, 0.1) is 0 Å². The van der Waals surface area contributed by atoms with Gasteiger partial charge in [-0.2, -0.15) is 0 Å². The second-order valence-corrected chi connectivity index (χ2v) is 5.65. The highest BCUT2D eigenvalue weighted by atomic mass is 16.2. The number of hydrogen-bond donors (Lipinski definition) is 1. The van der Waals surface area contributed by atoms with Crippen LogP contribution in [0.25, 0.3) is 10.8 Å². The summed E-state index contributed by atoms with van der Waals surface area (Å²) in [7, 11) is 0. The Labute approximate surface area is 134 Å². The molecule has 4 nitrogen and oxygen atoms in total. The SMILES string of the molecule is Cc1cccc(C)c1NC(=O)Cn1ccc2ccccc2c1=O. The van der Waals surface area contributed by atoms with Crippen molar-refractivity contribution in [2.75, 3.05) is 5.32 Å². The first-order valence-electron chi connectivity index (χ1n) is 7.50. The summed E-state index contributed by atoms with van der Waals surface area (Å²) in [5.41, 5.74) is 2.67. The highest BCUT2D eigenvalue weighted by molar-refractivity contribution is 5.92. The third-order valence-corrected chi connectivity index (χ3v) is 3.95. The lowest BCUT2D eigenvalue weighted by atomic mass is 10.1. The van der Waals surface area contributed by atoms with Crippen LogP contribution < -0.4 is 10.9 Å². The van der Waals surface area contributed by atoms with Gasteiger partial charge in [-0.1, -0.05) is 36.4 Å². The number of benzene rings is 2. The Bertz CT molecular complexity index is 921. The third kappa shape index (κ3) is 3.01. The van der Waals surface area contributed by atoms with E-state index in [-0.39, 0.29) is 18.0 Å². The number of amides is 1. The van der Waals surface area contributed by atoms with Gasteiger partial charge in [0.2, 0.25) is 5.91 Å². The van der Waals surface area contributed by atoms with Crippen LogP contribution in [0.1, 0.15) is 11.1 Å². The Morgan fingerprint density at radius 1 is 1.00 bits per heavy atom. The van der Waals surface area contributed by atoms with Gasteiger partial charge in [-0.15, -0.1) is 0 Å². The highest BCUT2D eigenvalue weighted by Crippen LogP contribution is 2.19. The number of fused-ring (bicyclic) bond motifs is 1. The zero-order chi connectivity index (χ0) is 16.4. The van der Waals surface area contributed by atoms with Crippen molar-refractivity contribution < 1.29 is 4.79 Å². The van der Waals surface area contributed by atoms with E-state index in [1.54, 1.807) is 12.3 Å². The lowest BCUT2D eigenvalue weighted by Crippen LogP contribution is -2.27. The van der Waals surface area contributed by atoms with Crippen LogP contribution in [0.5, 0.6) is 0 Å². The van der Waals surface area contributed by atoms with Crippen molar-refractivity contribution in [2.45, 2.75) is 20.4 Å². The molecule has 1 N–H and O–H groups in total. The Morgan fingerprint density at radius 2 is 1.70 bits per heavy atom. The fourth-order valence-corrected chi connectivity index (χ4v) is 2.70. The van der Waals surface area contributed by atoms with E-state index in [0.717, 1.165) is 22.2 Å². The van der Waals surface area contributed by atoms with E-state index >= 15 is 0 Å². The van der Waals surface area contributed by atoms with Crippen molar-refractivity contribution in [3.05, 3.63) is 76.2 Å². The average molecular weight is 306 g/mol. The molecule has 23 heavy (non-hydrogen) atoms. The first-order valence-corrected chi connectivity index (χ1v) is 7.50. The molecule has 0 aliphatic heterocycles. The summed E-state index contributed by atoms with van der Waals surface area (Å²) in [6.07, 6.45) is 1.66. The molecule has 0 aliphatic carbocycles. The molecule has 0 spiro atoms. The van der Waals surface area contributed by atoms with Crippen LogP contribution in [0.3, 0.4) is 0 Å². The molecule has 1 amide bonds. The summed E-state index contributed by atoms with van der Waals surface area (Å²) < 4.78 is 1.44. The summed E-state index contributed by atoms with van der Waals surface area (Å²) in [6, 6.07) is 15.1. The maximum absolute atomic E-state index is 12.4. The first-order chi connectivity index (χ1) is 11.1. The van der Waals surface area contributed by atoms with Crippen LogP contribution in [0, 0.1) is 13.8 Å². The van der Waals surface area contributed by atoms with Crippen LogP contribution >= 0.6 is 0 Å². The number of carbonyl (C=O) groups is 1. The molecule has 3 rings (SSSR count). The number of para-hydroxylation sites is 1. The van der Waals surface area contributed by atoms with Crippen molar-refractivity contribution in [2.24, 2.45) is 0 Å². The predicted octanol–water partition coefficient (Wildman–Crippen LogP) is 3.26. The van der Waals surface area contributed by atoms with Gasteiger partial charge in [0, 0.05) is 17.3 Å². The minimum absolute atomic E-state index is 0.00254. The monoisotopic (exact) mass is 306 g/mol. The van der Waals surface area contributed by atoms with Crippen LogP contribution in [0.15, 0.2) is 59.5 Å². The number of nitrogens with zero attached hydrogens (tertiary/aromatic N) is 1. The summed E-state index contributed by atoms with van der Waals surface area (Å²) >= 11 is 0. The van der Waals surface area contributed by atoms with Crippen LogP contribution in [0.4, 0.5) is 5.69 Å². The second-order valence-electron chi connectivity index (χ2n) is 5.65. The normalized spacial score (nSPS) is 10.7. The molecular weight excluding hydrogens is 288 g/mol. The average Bonchev–Trinajstić information content (AvgIpc) is 2.54. The molecule has 1 aromatic heterocycles. The smallest absolute Gasteiger partial charge is 0.258 e. The maximum Gasteiger partial charge on any atom is 0.258 e. The fraction of sp³-hybridized carbons (Fsp3) is 0.158. The Kier molecular flexibility index (Phi) is 3.98. The Hall–Kier alpha value is -2.88. The third-order valence-electron chi connectivity index (χ3n) is 3.95. The van der Waals surface area contributed by atoms with E-state index in [1.165, 1.54) is 4.57 Å². The molecule has 0 unspecified atom stereocenters. The summed E-state index contributed by atoms with van der Waals surface area (Å²) in [4.78, 5) is 24.7. The Balaban J connectivity index is 1.86. The van der Waals surface area contributed by atoms with Gasteiger partial charge < -0.3 is 9.88 Å². The molecule has 0 saturated heterocycles. The summed E-state index contributed by atoms with van der Waals surface area (Å²) in [5, 5.41) is 4.40. The van der Waals surface area contributed by atoms with Crippen LogP contribution in [-0.2, 0) is 11.3 Å². The molecule has 4 heteroatoms. The van der Waals surface area contributed by atoms with Crippen molar-refractivity contribution >= 4 is 22.4 Å². The number of aryl methyl sites for hydroxylation is 2. The van der Waals surface area contributed by atoms with E-state index < -0.39 is 0 Å². The minimum Gasteiger partial charge on any atom is -0.324 e. The van der Waals surface area contributed by atoms with E-state index in [2.05, 4.69) is 5.32 Å².